The molecule has 0 unspecified atom stereocenters. The van der Waals surface area contributed by atoms with Crippen LogP contribution in [0.3, 0.4) is 0 Å². The number of anilines is 1. The Morgan fingerprint density at radius 2 is 2.24 bits per heavy atom. The van der Waals surface area contributed by atoms with E-state index >= 15 is 0 Å². The molecule has 2 N–H and O–H groups in total. The number of halogens is 1. The zero-order valence-electron chi connectivity index (χ0n) is 9.91. The summed E-state index contributed by atoms with van der Waals surface area (Å²) in [4.78, 5) is 4.42. The number of benzene rings is 1. The van der Waals surface area contributed by atoms with E-state index in [0.29, 0.717) is 11.4 Å². The van der Waals surface area contributed by atoms with Crippen molar-refractivity contribution in [3.05, 3.63) is 22.7 Å². The van der Waals surface area contributed by atoms with E-state index in [1.165, 1.54) is 19.3 Å². The molecule has 0 atom stereocenters. The molecule has 3 nitrogen and oxygen atoms in total. The average Bonchev–Trinajstić information content (AvgIpc) is 2.53. The number of aromatic nitrogens is 2. The van der Waals surface area contributed by atoms with Gasteiger partial charge in [-0.2, -0.15) is 0 Å². The summed E-state index contributed by atoms with van der Waals surface area (Å²) in [6.07, 6.45) is 3.92. The van der Waals surface area contributed by atoms with Crippen molar-refractivity contribution >= 4 is 32.9 Å². The predicted octanol–water partition coefficient (Wildman–Crippen LogP) is 3.57. The summed E-state index contributed by atoms with van der Waals surface area (Å²) >= 11 is 3.50. The van der Waals surface area contributed by atoms with Gasteiger partial charge in [-0.25, -0.2) is 4.98 Å². The first-order valence-electron chi connectivity index (χ1n) is 5.99. The second kappa shape index (κ2) is 3.73. The molecule has 90 valence electrons. The van der Waals surface area contributed by atoms with Crippen molar-refractivity contribution in [3.8, 4) is 0 Å². The van der Waals surface area contributed by atoms with Gasteiger partial charge in [-0.15, -0.1) is 0 Å². The molecule has 1 fully saturated rings. The highest BCUT2D eigenvalue weighted by molar-refractivity contribution is 9.10. The van der Waals surface area contributed by atoms with Crippen LogP contribution in [0.1, 0.15) is 26.2 Å². The number of nitrogens with zero attached hydrogens (tertiary/aromatic N) is 2. The van der Waals surface area contributed by atoms with E-state index in [1.807, 2.05) is 12.1 Å². The number of hydrogen-bond acceptors (Lipinski definition) is 2. The largest absolute Gasteiger partial charge is 0.369 e. The molecule has 0 bridgehead atoms. The van der Waals surface area contributed by atoms with Crippen LogP contribution in [-0.4, -0.2) is 9.55 Å². The molecule has 1 aromatic heterocycles. The third kappa shape index (κ3) is 1.84. The lowest BCUT2D eigenvalue weighted by molar-refractivity contribution is 0.135. The third-order valence-corrected chi connectivity index (χ3v) is 4.33. The fraction of sp³-hybridized carbons (Fsp3) is 0.462. The van der Waals surface area contributed by atoms with Gasteiger partial charge in [0.2, 0.25) is 5.95 Å². The predicted molar refractivity (Wildman–Crippen MR) is 73.8 cm³/mol. The van der Waals surface area contributed by atoms with Crippen molar-refractivity contribution in [2.45, 2.75) is 32.7 Å². The molecular formula is C13H16BrN3. The lowest BCUT2D eigenvalue weighted by atomic mass is 9.70. The van der Waals surface area contributed by atoms with Crippen molar-refractivity contribution in [1.82, 2.24) is 9.55 Å². The van der Waals surface area contributed by atoms with Crippen molar-refractivity contribution < 1.29 is 0 Å². The quantitative estimate of drug-likeness (QED) is 0.920. The Kier molecular flexibility index (Phi) is 2.43. The van der Waals surface area contributed by atoms with E-state index in [-0.39, 0.29) is 0 Å². The lowest BCUT2D eigenvalue weighted by Crippen LogP contribution is -2.31. The van der Waals surface area contributed by atoms with Crippen LogP contribution in [0.2, 0.25) is 0 Å². The number of rotatable bonds is 2. The molecule has 0 aliphatic heterocycles. The van der Waals surface area contributed by atoms with Gasteiger partial charge < -0.3 is 10.3 Å². The number of nitrogen functional groups attached to an aromatic ring is 1. The van der Waals surface area contributed by atoms with Crippen LogP contribution < -0.4 is 5.73 Å². The van der Waals surface area contributed by atoms with E-state index in [4.69, 9.17) is 5.73 Å². The SMILES string of the molecule is CC1(Cn2c(N)nc3ccc(Br)cc32)CCC1. The summed E-state index contributed by atoms with van der Waals surface area (Å²) in [5.74, 6) is 0.631. The summed E-state index contributed by atoms with van der Waals surface area (Å²) in [6, 6.07) is 6.11. The Bertz CT molecular complexity index is 569. The zero-order valence-corrected chi connectivity index (χ0v) is 11.5. The summed E-state index contributed by atoms with van der Waals surface area (Å²) in [7, 11) is 0. The molecule has 3 rings (SSSR count). The Balaban J connectivity index is 2.07. The van der Waals surface area contributed by atoms with Crippen molar-refractivity contribution in [2.75, 3.05) is 5.73 Å². The smallest absolute Gasteiger partial charge is 0.201 e. The van der Waals surface area contributed by atoms with Gasteiger partial charge in [-0.1, -0.05) is 29.3 Å². The first-order valence-corrected chi connectivity index (χ1v) is 6.78. The number of nitrogens with two attached hydrogens (primary N) is 1. The average molecular weight is 294 g/mol. The van der Waals surface area contributed by atoms with E-state index in [2.05, 4.69) is 38.5 Å². The summed E-state index contributed by atoms with van der Waals surface area (Å²) in [6.45, 7) is 3.31. The number of imidazole rings is 1. The second-order valence-electron chi connectivity index (χ2n) is 5.35. The second-order valence-corrected chi connectivity index (χ2v) is 6.27. The number of fused-ring (bicyclic) bond motifs is 1. The maximum absolute atomic E-state index is 6.03. The van der Waals surface area contributed by atoms with E-state index in [9.17, 15) is 0 Å². The van der Waals surface area contributed by atoms with Crippen LogP contribution in [0.25, 0.3) is 11.0 Å². The molecule has 1 aliphatic carbocycles. The Morgan fingerprint density at radius 3 is 2.88 bits per heavy atom. The fourth-order valence-electron chi connectivity index (χ4n) is 2.60. The van der Waals surface area contributed by atoms with E-state index in [1.54, 1.807) is 0 Å². The van der Waals surface area contributed by atoms with Crippen LogP contribution in [0.15, 0.2) is 22.7 Å². The van der Waals surface area contributed by atoms with E-state index < -0.39 is 0 Å². The summed E-state index contributed by atoms with van der Waals surface area (Å²) in [5.41, 5.74) is 8.54. The van der Waals surface area contributed by atoms with Gasteiger partial charge in [0, 0.05) is 11.0 Å². The molecule has 4 heteroatoms. The van der Waals surface area contributed by atoms with Crippen molar-refractivity contribution in [3.63, 3.8) is 0 Å². The molecule has 1 heterocycles. The molecule has 1 saturated carbocycles. The molecule has 0 amide bonds. The highest BCUT2D eigenvalue weighted by atomic mass is 79.9. The maximum atomic E-state index is 6.03. The Hall–Kier alpha value is -1.03. The maximum Gasteiger partial charge on any atom is 0.201 e. The summed E-state index contributed by atoms with van der Waals surface area (Å²) < 4.78 is 3.23. The molecule has 0 radical (unpaired) electrons. The zero-order chi connectivity index (χ0) is 12.0. The highest BCUT2D eigenvalue weighted by Gasteiger charge is 2.33. The topological polar surface area (TPSA) is 43.8 Å². The van der Waals surface area contributed by atoms with Gasteiger partial charge >= 0.3 is 0 Å². The normalized spacial score (nSPS) is 18.2. The Morgan fingerprint density at radius 1 is 1.47 bits per heavy atom. The van der Waals surface area contributed by atoms with Crippen LogP contribution in [0.5, 0.6) is 0 Å². The molecule has 1 aliphatic rings. The van der Waals surface area contributed by atoms with Crippen molar-refractivity contribution in [2.24, 2.45) is 5.41 Å². The lowest BCUT2D eigenvalue weighted by Gasteiger charge is -2.38. The molecule has 17 heavy (non-hydrogen) atoms. The first-order chi connectivity index (χ1) is 8.07. The highest BCUT2D eigenvalue weighted by Crippen LogP contribution is 2.42. The summed E-state index contributed by atoms with van der Waals surface area (Å²) in [5, 5.41) is 0. The standard InChI is InChI=1S/C13H16BrN3/c1-13(5-2-6-13)8-17-11-7-9(14)3-4-10(11)16-12(17)15/h3-4,7H,2,5-6,8H2,1H3,(H2,15,16). The third-order valence-electron chi connectivity index (χ3n) is 3.84. The molecule has 1 aromatic carbocycles. The van der Waals surface area contributed by atoms with Gasteiger partial charge in [-0.3, -0.25) is 0 Å². The van der Waals surface area contributed by atoms with E-state index in [0.717, 1.165) is 22.1 Å². The minimum atomic E-state index is 0.407. The van der Waals surface area contributed by atoms with Crippen LogP contribution in [0.4, 0.5) is 5.95 Å². The van der Waals surface area contributed by atoms with Gasteiger partial charge in [0.15, 0.2) is 0 Å². The molecule has 0 spiro atoms. The van der Waals surface area contributed by atoms with Crippen LogP contribution >= 0.6 is 15.9 Å². The first kappa shape index (κ1) is 11.1. The van der Waals surface area contributed by atoms with Crippen molar-refractivity contribution in [1.29, 1.82) is 0 Å². The monoisotopic (exact) mass is 293 g/mol. The van der Waals surface area contributed by atoms with Crippen LogP contribution in [-0.2, 0) is 6.54 Å². The minimum Gasteiger partial charge on any atom is -0.369 e. The minimum absolute atomic E-state index is 0.407. The molecular weight excluding hydrogens is 278 g/mol. The van der Waals surface area contributed by atoms with Gasteiger partial charge in [0.05, 0.1) is 11.0 Å². The van der Waals surface area contributed by atoms with Crippen LogP contribution in [0, 0.1) is 5.41 Å². The van der Waals surface area contributed by atoms with Gasteiger partial charge in [-0.05, 0) is 36.5 Å². The van der Waals surface area contributed by atoms with Gasteiger partial charge in [0.1, 0.15) is 0 Å². The molecule has 0 saturated heterocycles. The fourth-order valence-corrected chi connectivity index (χ4v) is 2.95. The van der Waals surface area contributed by atoms with Gasteiger partial charge in [0.25, 0.3) is 0 Å². The number of hydrogen-bond donors (Lipinski definition) is 1. The molecule has 2 aromatic rings. The Labute approximate surface area is 109 Å².